The lowest BCUT2D eigenvalue weighted by Crippen LogP contribution is -2.71. The van der Waals surface area contributed by atoms with Gasteiger partial charge in [-0.3, -0.25) is 27.6 Å². The van der Waals surface area contributed by atoms with Crippen molar-refractivity contribution in [1.29, 1.82) is 0 Å². The molecule has 428 valence electrons. The first-order valence-electron chi connectivity index (χ1n) is 19.0. The molecule has 4 aliphatic rings. The normalized spacial score (nSPS) is 37.8. The number of carboxylic acids is 2. The van der Waals surface area contributed by atoms with E-state index in [0.717, 1.165) is 6.92 Å². The van der Waals surface area contributed by atoms with Crippen LogP contribution in [0.15, 0.2) is 0 Å². The van der Waals surface area contributed by atoms with Crippen LogP contribution in [0.5, 0.6) is 0 Å². The fraction of sp³-hybridized carbons (Fsp3) is 0.889. The number of halogens is 2. The van der Waals surface area contributed by atoms with Gasteiger partial charge in [0.1, 0.15) is 73.1 Å². The second kappa shape index (κ2) is 26.0. The Morgan fingerprint density at radius 2 is 0.986 bits per heavy atom. The molecular formula is C27H44Cl2N2O37S5. The van der Waals surface area contributed by atoms with Crippen LogP contribution in [0.3, 0.4) is 0 Å². The van der Waals surface area contributed by atoms with Gasteiger partial charge in [-0.05, 0) is 0 Å². The van der Waals surface area contributed by atoms with Gasteiger partial charge in [-0.1, -0.05) is 0 Å². The lowest BCUT2D eigenvalue weighted by molar-refractivity contribution is -0.366. The summed E-state index contributed by atoms with van der Waals surface area (Å²) in [5.74, 6) is -5.49. The molecule has 0 radical (unpaired) electrons. The lowest BCUT2D eigenvalue weighted by atomic mass is 9.94. The molecule has 0 aromatic rings. The zero-order valence-electron chi connectivity index (χ0n) is 35.6. The van der Waals surface area contributed by atoms with Crippen LogP contribution in [0.25, 0.3) is 0 Å². The minimum atomic E-state index is -6.09. The average Bonchev–Trinajstić information content (AvgIpc) is 3.21. The van der Waals surface area contributed by atoms with E-state index in [4.69, 9.17) is 60.9 Å². The summed E-state index contributed by atoms with van der Waals surface area (Å²) in [5.41, 5.74) is 0. The lowest BCUT2D eigenvalue weighted by Gasteiger charge is -2.50. The van der Waals surface area contributed by atoms with E-state index < -0.39 is 206 Å². The Morgan fingerprint density at radius 1 is 0.534 bits per heavy atom. The van der Waals surface area contributed by atoms with Gasteiger partial charge in [0, 0.05) is 6.92 Å². The molecule has 20 atom stereocenters. The van der Waals surface area contributed by atoms with E-state index in [2.05, 4.69) is 16.7 Å². The number of hydrogen-bond donors (Lipinski definition) is 15. The van der Waals surface area contributed by atoms with E-state index in [9.17, 15) is 116 Å². The number of aliphatic carboxylic acids is 2. The summed E-state index contributed by atoms with van der Waals surface area (Å²) in [6.45, 7) is -2.24. The van der Waals surface area contributed by atoms with E-state index in [-0.39, 0.29) is 5.34 Å². The molecule has 0 aromatic carbocycles. The summed E-state index contributed by atoms with van der Waals surface area (Å²) >= 11 is 9.53. The van der Waals surface area contributed by atoms with Crippen LogP contribution >= 0.6 is 23.2 Å². The van der Waals surface area contributed by atoms with Crippen LogP contribution in [-0.2, 0) is 116 Å². The number of ether oxygens (including phenoxy) is 7. The van der Waals surface area contributed by atoms with Crippen molar-refractivity contribution in [2.24, 2.45) is 0 Å². The van der Waals surface area contributed by atoms with Gasteiger partial charge in [0.2, 0.25) is 5.91 Å². The van der Waals surface area contributed by atoms with Gasteiger partial charge in [-0.2, -0.15) is 46.8 Å². The van der Waals surface area contributed by atoms with Gasteiger partial charge in [-0.15, -0.1) is 23.2 Å². The molecule has 4 heterocycles. The Hall–Kier alpha value is -2.18. The van der Waals surface area contributed by atoms with Crippen molar-refractivity contribution in [2.75, 3.05) is 18.6 Å². The number of carbonyl (C=O) groups excluding carboxylic acids is 1. The number of hydrogen-bond acceptors (Lipinski definition) is 30. The summed E-state index contributed by atoms with van der Waals surface area (Å²) in [4.78, 5) is 36.4. The first kappa shape index (κ1) is 65.1. The summed E-state index contributed by atoms with van der Waals surface area (Å²) in [5, 5.41) is 86.2. The monoisotopic (exact) mass is 1220 g/mol. The third kappa shape index (κ3) is 19.1. The van der Waals surface area contributed by atoms with Crippen molar-refractivity contribution >= 4 is 92.9 Å². The summed E-state index contributed by atoms with van der Waals surface area (Å²) in [6, 6.07) is -4.96. The topological polar surface area (TPSA) is 610 Å². The van der Waals surface area contributed by atoms with Crippen molar-refractivity contribution < 1.29 is 170 Å². The Balaban J connectivity index is 0.00000457. The molecule has 0 spiro atoms. The minimum absolute atomic E-state index is 0.194. The zero-order chi connectivity index (χ0) is 56.1. The van der Waals surface area contributed by atoms with Crippen molar-refractivity contribution in [1.82, 2.24) is 10.0 Å². The molecule has 4 fully saturated rings. The summed E-state index contributed by atoms with van der Waals surface area (Å²) in [6.07, 6.45) is -49.1. The van der Waals surface area contributed by atoms with Crippen LogP contribution < -0.4 is 10.0 Å². The molecule has 4 aliphatic heterocycles. The molecule has 73 heavy (non-hydrogen) atoms. The largest absolute Gasteiger partial charge is 0.479 e. The highest BCUT2D eigenvalue weighted by Gasteiger charge is 2.60. The van der Waals surface area contributed by atoms with Gasteiger partial charge in [0.15, 0.2) is 49.6 Å². The van der Waals surface area contributed by atoms with Crippen molar-refractivity contribution in [3.8, 4) is 0 Å². The second-order valence-electron chi connectivity index (χ2n) is 14.7. The van der Waals surface area contributed by atoms with Crippen LogP contribution in [0.4, 0.5) is 0 Å². The Labute approximate surface area is 419 Å². The fourth-order valence-electron chi connectivity index (χ4n) is 7.05. The van der Waals surface area contributed by atoms with Crippen LogP contribution in [0.1, 0.15) is 6.92 Å². The smallest absolute Gasteiger partial charge is 0.397 e. The molecule has 46 heteroatoms. The third-order valence-corrected chi connectivity index (χ3v) is 12.1. The third-order valence-electron chi connectivity index (χ3n) is 9.68. The highest BCUT2D eigenvalue weighted by atomic mass is 35.5. The molecule has 4 saturated heterocycles. The first-order valence-corrected chi connectivity index (χ1v) is 27.0. The average molecular weight is 1220 g/mol. The minimum Gasteiger partial charge on any atom is -0.479 e. The number of carbonyl (C=O) groups is 3. The number of alkyl halides is 2. The van der Waals surface area contributed by atoms with E-state index >= 15 is 0 Å². The van der Waals surface area contributed by atoms with Crippen molar-refractivity contribution in [3.05, 3.63) is 0 Å². The number of aliphatic hydroxyl groups is 6. The quantitative estimate of drug-likeness (QED) is 0.0375. The number of carboxylic acid groups (broad SMARTS) is 2. The highest BCUT2D eigenvalue weighted by molar-refractivity contribution is 7.83. The van der Waals surface area contributed by atoms with Gasteiger partial charge in [-0.25, -0.2) is 26.3 Å². The molecule has 0 bridgehead atoms. The number of nitrogens with one attached hydrogen (secondary N) is 2. The standard InChI is InChI=1S/C26H42N2O37S5.CH2Cl2/c1-4(30)27-7-9(31)13(6(56-23(7)39)3-55-67(43,44)45)58-26-19(65-70(52,53)54)12(34)16(20(62-26)22(37)38)60-24-8(28-66(40,41)42)15(63-68(46,47)48)14(5(2-29)57-24)59-25-18(64-69(49,50)51)11(33)10(32)17(61-25)21(35)36;2-1-3/h5-20,23-26,28-29,31-34,39H,2-3H2,1H3,(H,27,30)(H,35,36)(H,37,38)(H,40,41,42)(H,43,44,45)(H,46,47,48)(H,49,50,51)(H,52,53,54);1H2/t5-,6+,7-,8-,9-,10-,11-,12+,13-,14-,15-,16+,17-,18+,19-,20+,23-,24+,25+,26-;/m1./s1. The van der Waals surface area contributed by atoms with Crippen LogP contribution in [0, 0.1) is 0 Å². The highest BCUT2D eigenvalue weighted by Crippen LogP contribution is 2.37. The van der Waals surface area contributed by atoms with Gasteiger partial charge in [0.25, 0.3) is 0 Å². The molecule has 0 aliphatic carbocycles. The Morgan fingerprint density at radius 3 is 1.42 bits per heavy atom. The maximum Gasteiger partial charge on any atom is 0.397 e. The first-order chi connectivity index (χ1) is 33.2. The van der Waals surface area contributed by atoms with E-state index in [1.165, 1.54) is 4.72 Å². The Bertz CT molecular complexity index is 2470. The van der Waals surface area contributed by atoms with E-state index in [1.54, 1.807) is 0 Å². The SMILES string of the molecule is CC(=O)N[C@@H]1[C@@H](O)[C@H](O[C@@H]2O[C@H](C(=O)O)[C@@H](O[C@@H]3O[C@H](CO)[C@@H](O[C@H]4O[C@@H](C(=O)O)[C@H](O)[C@@H](O)[C@@H]4OS(=O)(=O)O)[C@H](OS(=O)(=O)O)[C@H]3NS(=O)(=O)O)[C@H](O)[C@H]2OS(=O)(=O)O)[C@H](COS(=O)(=O)O)O[C@H]1O.ClCCl. The second-order valence-corrected chi connectivity index (χ2v) is 20.9. The maximum atomic E-state index is 12.7. The number of rotatable bonds is 21. The molecule has 0 saturated carbocycles. The Kier molecular flexibility index (Phi) is 23.2. The predicted octanol–water partition coefficient (Wildman–Crippen LogP) is -9.29. The molecule has 1 amide bonds. The number of amides is 1. The fourth-order valence-corrected chi connectivity index (χ4v) is 9.43. The molecule has 15 N–H and O–H groups in total. The zero-order valence-corrected chi connectivity index (χ0v) is 41.2. The van der Waals surface area contributed by atoms with Gasteiger partial charge in [0.05, 0.1) is 18.6 Å². The van der Waals surface area contributed by atoms with E-state index in [0.29, 0.717) is 0 Å². The summed E-state index contributed by atoms with van der Waals surface area (Å²) < 4.78 is 222. The predicted molar refractivity (Wildman–Crippen MR) is 217 cm³/mol. The summed E-state index contributed by atoms with van der Waals surface area (Å²) in [7, 11) is -29.1. The maximum absolute atomic E-state index is 12.7. The van der Waals surface area contributed by atoms with E-state index in [1.807, 2.05) is 5.32 Å². The van der Waals surface area contributed by atoms with Crippen LogP contribution in [-0.4, -0.2) is 265 Å². The van der Waals surface area contributed by atoms with Crippen molar-refractivity contribution in [2.45, 2.75) is 130 Å². The molecule has 0 unspecified atom stereocenters. The molecule has 0 aromatic heterocycles. The molecule has 39 nitrogen and oxygen atoms in total. The van der Waals surface area contributed by atoms with Crippen LogP contribution in [0.2, 0.25) is 0 Å². The molecular weight excluding hydrogens is 1180 g/mol. The van der Waals surface area contributed by atoms with Gasteiger partial charge >= 0.3 is 63.8 Å². The number of aliphatic hydroxyl groups excluding tert-OH is 6. The van der Waals surface area contributed by atoms with Crippen molar-refractivity contribution in [3.63, 3.8) is 0 Å². The molecule has 4 rings (SSSR count). The van der Waals surface area contributed by atoms with Gasteiger partial charge < -0.3 is 79.3 Å².